The van der Waals surface area contributed by atoms with E-state index in [1.54, 1.807) is 67.6 Å². The van der Waals surface area contributed by atoms with Crippen LogP contribution in [0, 0.1) is 6.92 Å². The maximum absolute atomic E-state index is 12.8. The number of hydrogen-bond donors (Lipinski definition) is 0. The first-order valence-corrected chi connectivity index (χ1v) is 9.94. The normalized spacial score (nSPS) is 13.8. The fourth-order valence-electron chi connectivity index (χ4n) is 3.22. The average Bonchev–Trinajstić information content (AvgIpc) is 2.99. The van der Waals surface area contributed by atoms with Crippen molar-refractivity contribution >= 4 is 41.0 Å². The molecule has 3 aromatic rings. The lowest BCUT2D eigenvalue weighted by Crippen LogP contribution is -2.11. The van der Waals surface area contributed by atoms with Gasteiger partial charge in [0.2, 0.25) is 5.78 Å². The number of Topliss-reactive ketones (excluding diaryl/α,β-unsaturated/α-hetero) is 1. The van der Waals surface area contributed by atoms with Gasteiger partial charge in [0.25, 0.3) is 0 Å². The molecule has 4 nitrogen and oxygen atoms in total. The lowest BCUT2D eigenvalue weighted by molar-refractivity contribution is -0.133. The number of ether oxygens (including phenoxy) is 2. The molecule has 30 heavy (non-hydrogen) atoms. The summed E-state index contributed by atoms with van der Waals surface area (Å²) in [5, 5.41) is 1.17. The molecule has 0 unspecified atom stereocenters. The zero-order valence-electron chi connectivity index (χ0n) is 15.9. The molecule has 1 aliphatic rings. The molecule has 6 heteroatoms. The molecule has 4 rings (SSSR count). The van der Waals surface area contributed by atoms with Crippen LogP contribution in [0.15, 0.2) is 66.4 Å². The van der Waals surface area contributed by atoms with Gasteiger partial charge in [-0.15, -0.1) is 0 Å². The highest BCUT2D eigenvalue weighted by atomic mass is 35.5. The molecular weight excluding hydrogens is 423 g/mol. The lowest BCUT2D eigenvalue weighted by atomic mass is 10.0. The van der Waals surface area contributed by atoms with E-state index in [4.69, 9.17) is 32.7 Å². The number of allylic oxidation sites excluding steroid dienone is 1. The topological polar surface area (TPSA) is 52.6 Å². The summed E-state index contributed by atoms with van der Waals surface area (Å²) in [7, 11) is 0. The second-order valence-corrected chi connectivity index (χ2v) is 7.76. The molecule has 0 spiro atoms. The largest absolute Gasteiger partial charge is 0.452 e. The number of fused-ring (bicyclic) bond motifs is 1. The molecule has 0 radical (unpaired) electrons. The van der Waals surface area contributed by atoms with Gasteiger partial charge in [-0.25, -0.2) is 0 Å². The van der Waals surface area contributed by atoms with Crippen LogP contribution in [0.4, 0.5) is 0 Å². The monoisotopic (exact) mass is 438 g/mol. The second-order valence-electron chi connectivity index (χ2n) is 6.89. The zero-order chi connectivity index (χ0) is 21.3. The molecule has 0 aliphatic carbocycles. The number of esters is 1. The number of ketones is 1. The van der Waals surface area contributed by atoms with Crippen molar-refractivity contribution in [3.8, 4) is 11.5 Å². The Labute approximate surface area is 183 Å². The molecule has 150 valence electrons. The van der Waals surface area contributed by atoms with Crippen molar-refractivity contribution in [2.45, 2.75) is 13.3 Å². The third-order valence-corrected chi connectivity index (χ3v) is 5.07. The summed E-state index contributed by atoms with van der Waals surface area (Å²) in [6.45, 7) is 1.78. The van der Waals surface area contributed by atoms with Gasteiger partial charge in [0, 0.05) is 16.1 Å². The van der Waals surface area contributed by atoms with E-state index >= 15 is 0 Å². The Kier molecular flexibility index (Phi) is 5.62. The van der Waals surface area contributed by atoms with Crippen molar-refractivity contribution in [3.63, 3.8) is 0 Å². The molecule has 1 heterocycles. The van der Waals surface area contributed by atoms with Crippen LogP contribution in [-0.4, -0.2) is 11.8 Å². The Bertz CT molecular complexity index is 1180. The maximum Gasteiger partial charge on any atom is 0.315 e. The van der Waals surface area contributed by atoms with Crippen LogP contribution in [0.2, 0.25) is 10.0 Å². The number of rotatable bonds is 4. The lowest BCUT2D eigenvalue weighted by Gasteiger charge is -2.08. The highest BCUT2D eigenvalue weighted by Gasteiger charge is 2.30. The first-order chi connectivity index (χ1) is 14.4. The van der Waals surface area contributed by atoms with Crippen molar-refractivity contribution in [2.24, 2.45) is 0 Å². The minimum absolute atomic E-state index is 0.104. The molecule has 0 aromatic heterocycles. The summed E-state index contributed by atoms with van der Waals surface area (Å²) in [6.07, 6.45) is 1.74. The number of aryl methyl sites for hydroxylation is 1. The van der Waals surface area contributed by atoms with Gasteiger partial charge >= 0.3 is 5.97 Å². The molecule has 0 N–H and O–H groups in total. The Morgan fingerprint density at radius 3 is 2.53 bits per heavy atom. The quantitative estimate of drug-likeness (QED) is 0.282. The molecule has 1 aliphatic heterocycles. The summed E-state index contributed by atoms with van der Waals surface area (Å²) < 4.78 is 11.2. The average molecular weight is 439 g/mol. The SMILES string of the molecule is Cc1cc(OC(=O)Cc2ccc(Cl)cc2)cc2c1C(=O)/C(=C/c1cccc(Cl)c1)O2. The van der Waals surface area contributed by atoms with Crippen molar-refractivity contribution in [2.75, 3.05) is 0 Å². The molecule has 0 amide bonds. The van der Waals surface area contributed by atoms with Crippen molar-refractivity contribution in [1.82, 2.24) is 0 Å². The van der Waals surface area contributed by atoms with E-state index in [-0.39, 0.29) is 18.0 Å². The molecule has 0 bridgehead atoms. The van der Waals surface area contributed by atoms with Crippen LogP contribution >= 0.6 is 23.2 Å². The summed E-state index contributed by atoms with van der Waals surface area (Å²) >= 11 is 11.9. The van der Waals surface area contributed by atoms with Gasteiger partial charge in [-0.1, -0.05) is 47.5 Å². The maximum atomic E-state index is 12.8. The van der Waals surface area contributed by atoms with Gasteiger partial charge in [0.15, 0.2) is 5.76 Å². The van der Waals surface area contributed by atoms with Crippen molar-refractivity contribution in [3.05, 3.63) is 98.7 Å². The van der Waals surface area contributed by atoms with Gasteiger partial charge in [-0.05, 0) is 60.0 Å². The Balaban J connectivity index is 1.53. The number of halogens is 2. The number of hydrogen-bond acceptors (Lipinski definition) is 4. The van der Waals surface area contributed by atoms with Gasteiger partial charge < -0.3 is 9.47 Å². The highest BCUT2D eigenvalue weighted by molar-refractivity contribution is 6.31. The minimum Gasteiger partial charge on any atom is -0.452 e. The third kappa shape index (κ3) is 4.40. The number of carbonyl (C=O) groups is 2. The Hall–Kier alpha value is -3.08. The van der Waals surface area contributed by atoms with Crippen LogP contribution < -0.4 is 9.47 Å². The van der Waals surface area contributed by atoms with Gasteiger partial charge in [-0.3, -0.25) is 9.59 Å². The smallest absolute Gasteiger partial charge is 0.315 e. The first-order valence-electron chi connectivity index (χ1n) is 9.18. The van der Waals surface area contributed by atoms with E-state index in [0.29, 0.717) is 32.7 Å². The van der Waals surface area contributed by atoms with E-state index in [1.807, 2.05) is 6.07 Å². The van der Waals surface area contributed by atoms with E-state index in [0.717, 1.165) is 11.1 Å². The van der Waals surface area contributed by atoms with E-state index in [9.17, 15) is 9.59 Å². The van der Waals surface area contributed by atoms with E-state index in [2.05, 4.69) is 0 Å². The summed E-state index contributed by atoms with van der Waals surface area (Å²) in [4.78, 5) is 25.1. The van der Waals surface area contributed by atoms with Crippen LogP contribution in [0.5, 0.6) is 11.5 Å². The molecule has 0 saturated carbocycles. The van der Waals surface area contributed by atoms with Crippen LogP contribution in [0.3, 0.4) is 0 Å². The summed E-state index contributed by atoms with van der Waals surface area (Å²) in [6, 6.07) is 17.3. The fourth-order valence-corrected chi connectivity index (χ4v) is 3.55. The van der Waals surface area contributed by atoms with Crippen molar-refractivity contribution < 1.29 is 19.1 Å². The predicted molar refractivity (Wildman–Crippen MR) is 116 cm³/mol. The van der Waals surface area contributed by atoms with Gasteiger partial charge in [-0.2, -0.15) is 0 Å². The first kappa shape index (κ1) is 20.2. The Morgan fingerprint density at radius 1 is 1.03 bits per heavy atom. The third-order valence-electron chi connectivity index (χ3n) is 4.58. The van der Waals surface area contributed by atoms with Crippen LogP contribution in [0.25, 0.3) is 6.08 Å². The predicted octanol–water partition coefficient (Wildman–Crippen LogP) is 6.07. The molecule has 0 fully saturated rings. The highest BCUT2D eigenvalue weighted by Crippen LogP contribution is 2.37. The minimum atomic E-state index is -0.421. The summed E-state index contributed by atoms with van der Waals surface area (Å²) in [5.41, 5.74) is 2.67. The fraction of sp³-hybridized carbons (Fsp3) is 0.0833. The molecule has 0 atom stereocenters. The van der Waals surface area contributed by atoms with Gasteiger partial charge in [0.1, 0.15) is 11.5 Å². The van der Waals surface area contributed by atoms with Gasteiger partial charge in [0.05, 0.1) is 12.0 Å². The van der Waals surface area contributed by atoms with Crippen LogP contribution in [0.1, 0.15) is 27.0 Å². The van der Waals surface area contributed by atoms with Crippen molar-refractivity contribution in [1.29, 1.82) is 0 Å². The van der Waals surface area contributed by atoms with Crippen LogP contribution in [-0.2, 0) is 11.2 Å². The summed E-state index contributed by atoms with van der Waals surface area (Å²) in [5.74, 6) is 0.238. The zero-order valence-corrected chi connectivity index (χ0v) is 17.5. The standard InChI is InChI=1S/C24H16Cl2O4/c1-14-9-19(29-22(27)12-15-5-7-17(25)8-6-15)13-20-23(14)24(28)21(30-20)11-16-3-2-4-18(26)10-16/h2-11,13H,12H2,1H3/b21-11-. The van der Waals surface area contributed by atoms with E-state index in [1.165, 1.54) is 0 Å². The van der Waals surface area contributed by atoms with E-state index < -0.39 is 5.97 Å². The number of benzene rings is 3. The number of carbonyl (C=O) groups excluding carboxylic acids is 2. The Morgan fingerprint density at radius 2 is 1.80 bits per heavy atom. The molecule has 3 aromatic carbocycles. The molecule has 0 saturated heterocycles. The molecular formula is C24H16Cl2O4. The second kappa shape index (κ2) is 8.34.